The Morgan fingerprint density at radius 3 is 2.16 bits per heavy atom. The lowest BCUT2D eigenvalue weighted by Gasteiger charge is -2.56. The number of rotatable bonds is 2. The molecule has 4 heteroatoms. The highest BCUT2D eigenvalue weighted by molar-refractivity contribution is 5.32. The maximum atomic E-state index is 5.95. The van der Waals surface area contributed by atoms with Crippen molar-refractivity contribution in [1.29, 1.82) is 0 Å². The van der Waals surface area contributed by atoms with Gasteiger partial charge in [-0.1, -0.05) is 0 Å². The van der Waals surface area contributed by atoms with Crippen molar-refractivity contribution < 1.29 is 0 Å². The molecule has 102 valence electrons. The number of nitrogen functional groups attached to an aromatic ring is 1. The lowest BCUT2D eigenvalue weighted by molar-refractivity contribution is -0.00942. The van der Waals surface area contributed by atoms with Crippen LogP contribution >= 0.6 is 0 Å². The number of nitrogens with two attached hydrogens (primary N) is 2. The zero-order chi connectivity index (χ0) is 13.0. The summed E-state index contributed by atoms with van der Waals surface area (Å²) in [5.41, 5.74) is 12.8. The van der Waals surface area contributed by atoms with Gasteiger partial charge in [0.1, 0.15) is 11.6 Å². The molecule has 0 radical (unpaired) electrons. The number of nitrogens with zero attached hydrogens (tertiary/aromatic N) is 2. The molecule has 0 saturated heterocycles. The molecule has 1 aromatic rings. The molecule has 4 aliphatic carbocycles. The van der Waals surface area contributed by atoms with Crippen molar-refractivity contribution in [2.24, 2.45) is 23.5 Å². The molecule has 0 aliphatic heterocycles. The highest BCUT2D eigenvalue weighted by Gasteiger charge is 2.53. The topological polar surface area (TPSA) is 77.8 Å². The number of hydrogen-bond donors (Lipinski definition) is 2. The van der Waals surface area contributed by atoms with Crippen molar-refractivity contribution in [1.82, 2.24) is 9.97 Å². The first-order valence-corrected chi connectivity index (χ1v) is 7.51. The Bertz CT molecular complexity index is 476. The van der Waals surface area contributed by atoms with Crippen LogP contribution in [0.5, 0.6) is 0 Å². The van der Waals surface area contributed by atoms with E-state index in [9.17, 15) is 0 Å². The maximum absolute atomic E-state index is 5.95. The molecule has 4 N–H and O–H groups in total. The molecule has 4 saturated carbocycles. The van der Waals surface area contributed by atoms with Gasteiger partial charge < -0.3 is 11.5 Å². The second-order valence-corrected chi connectivity index (χ2v) is 7.01. The first-order valence-electron chi connectivity index (χ1n) is 7.51. The Hall–Kier alpha value is -1.16. The SMILES string of the molecule is NCc1cc(N)nc(C23CC4CC(CC(C4)C2)C3)n1. The van der Waals surface area contributed by atoms with Crippen molar-refractivity contribution in [2.75, 3.05) is 5.73 Å². The number of anilines is 1. The first-order chi connectivity index (χ1) is 9.17. The van der Waals surface area contributed by atoms with E-state index < -0.39 is 0 Å². The van der Waals surface area contributed by atoms with E-state index in [0.717, 1.165) is 29.3 Å². The van der Waals surface area contributed by atoms with Crippen LogP contribution in [0.4, 0.5) is 5.82 Å². The van der Waals surface area contributed by atoms with E-state index in [0.29, 0.717) is 12.4 Å². The smallest absolute Gasteiger partial charge is 0.137 e. The Morgan fingerprint density at radius 1 is 1.05 bits per heavy atom. The molecule has 1 heterocycles. The quantitative estimate of drug-likeness (QED) is 0.850. The highest BCUT2D eigenvalue weighted by atomic mass is 15.0. The van der Waals surface area contributed by atoms with E-state index in [2.05, 4.69) is 4.98 Å². The fourth-order valence-corrected chi connectivity index (χ4v) is 5.24. The van der Waals surface area contributed by atoms with Crippen molar-refractivity contribution in [3.05, 3.63) is 17.6 Å². The van der Waals surface area contributed by atoms with E-state index in [1.54, 1.807) is 0 Å². The van der Waals surface area contributed by atoms with Gasteiger partial charge in [-0.3, -0.25) is 0 Å². The van der Waals surface area contributed by atoms with Crippen molar-refractivity contribution in [3.8, 4) is 0 Å². The van der Waals surface area contributed by atoms with Crippen LogP contribution in [-0.4, -0.2) is 9.97 Å². The van der Waals surface area contributed by atoms with E-state index >= 15 is 0 Å². The van der Waals surface area contributed by atoms with E-state index in [-0.39, 0.29) is 5.41 Å². The molecular weight excluding hydrogens is 236 g/mol. The first kappa shape index (κ1) is 11.6. The summed E-state index contributed by atoms with van der Waals surface area (Å²) in [6.07, 6.45) is 8.12. The van der Waals surface area contributed by atoms with Crippen LogP contribution < -0.4 is 11.5 Å². The Labute approximate surface area is 114 Å². The van der Waals surface area contributed by atoms with Gasteiger partial charge in [-0.05, 0) is 56.3 Å². The minimum atomic E-state index is 0.216. The van der Waals surface area contributed by atoms with Crippen molar-refractivity contribution in [2.45, 2.75) is 50.5 Å². The normalized spacial score (nSPS) is 39.7. The van der Waals surface area contributed by atoms with Gasteiger partial charge >= 0.3 is 0 Å². The summed E-state index contributed by atoms with van der Waals surface area (Å²) < 4.78 is 0. The van der Waals surface area contributed by atoms with Crippen molar-refractivity contribution in [3.63, 3.8) is 0 Å². The minimum Gasteiger partial charge on any atom is -0.384 e. The van der Waals surface area contributed by atoms with E-state index in [1.165, 1.54) is 38.5 Å². The molecule has 0 amide bonds. The summed E-state index contributed by atoms with van der Waals surface area (Å²) in [4.78, 5) is 9.31. The Balaban J connectivity index is 1.77. The summed E-state index contributed by atoms with van der Waals surface area (Å²) in [5, 5.41) is 0. The maximum Gasteiger partial charge on any atom is 0.137 e. The average molecular weight is 258 g/mol. The third kappa shape index (κ3) is 1.76. The minimum absolute atomic E-state index is 0.216. The zero-order valence-corrected chi connectivity index (χ0v) is 11.3. The van der Waals surface area contributed by atoms with Crippen LogP contribution in [0.3, 0.4) is 0 Å². The van der Waals surface area contributed by atoms with Gasteiger partial charge in [0, 0.05) is 18.0 Å². The molecule has 0 unspecified atom stereocenters. The van der Waals surface area contributed by atoms with Gasteiger partial charge in [0.05, 0.1) is 5.69 Å². The third-order valence-corrected chi connectivity index (χ3v) is 5.52. The van der Waals surface area contributed by atoms with Gasteiger partial charge in [0.25, 0.3) is 0 Å². The molecule has 4 nitrogen and oxygen atoms in total. The summed E-state index contributed by atoms with van der Waals surface area (Å²) in [5.74, 6) is 4.28. The lowest BCUT2D eigenvalue weighted by atomic mass is 9.49. The Kier molecular flexibility index (Phi) is 2.40. The standard InChI is InChI=1S/C15H22N4/c16-8-12-4-13(17)19-14(18-12)15-5-9-1-10(6-15)3-11(2-9)7-15/h4,9-11H,1-3,5-8,16H2,(H2,17,18,19). The summed E-state index contributed by atoms with van der Waals surface area (Å²) in [6.45, 7) is 0.450. The zero-order valence-electron chi connectivity index (χ0n) is 11.3. The van der Waals surface area contributed by atoms with Crippen LogP contribution in [0.1, 0.15) is 50.0 Å². The molecule has 4 bridgehead atoms. The predicted octanol–water partition coefficient (Wildman–Crippen LogP) is 1.99. The predicted molar refractivity (Wildman–Crippen MR) is 74.2 cm³/mol. The molecule has 0 atom stereocenters. The fourth-order valence-electron chi connectivity index (χ4n) is 5.24. The molecule has 4 fully saturated rings. The van der Waals surface area contributed by atoms with Crippen LogP contribution in [-0.2, 0) is 12.0 Å². The molecule has 19 heavy (non-hydrogen) atoms. The fraction of sp³-hybridized carbons (Fsp3) is 0.733. The average Bonchev–Trinajstić information content (AvgIpc) is 2.36. The van der Waals surface area contributed by atoms with E-state index in [1.807, 2.05) is 6.07 Å². The van der Waals surface area contributed by atoms with Gasteiger partial charge in [0.15, 0.2) is 0 Å². The largest absolute Gasteiger partial charge is 0.384 e. The molecular formula is C15H22N4. The lowest BCUT2D eigenvalue weighted by Crippen LogP contribution is -2.49. The summed E-state index contributed by atoms with van der Waals surface area (Å²) in [6, 6.07) is 1.81. The Morgan fingerprint density at radius 2 is 1.63 bits per heavy atom. The van der Waals surface area contributed by atoms with Gasteiger partial charge in [0.2, 0.25) is 0 Å². The second-order valence-electron chi connectivity index (χ2n) is 7.01. The second kappa shape index (κ2) is 3.92. The van der Waals surface area contributed by atoms with E-state index in [4.69, 9.17) is 16.5 Å². The number of aromatic nitrogens is 2. The molecule has 5 rings (SSSR count). The van der Waals surface area contributed by atoms with Crippen LogP contribution in [0.15, 0.2) is 6.07 Å². The van der Waals surface area contributed by atoms with Gasteiger partial charge in [-0.2, -0.15) is 0 Å². The van der Waals surface area contributed by atoms with Crippen LogP contribution in [0.2, 0.25) is 0 Å². The van der Waals surface area contributed by atoms with Gasteiger partial charge in [-0.25, -0.2) is 9.97 Å². The monoisotopic (exact) mass is 258 g/mol. The molecule has 1 aromatic heterocycles. The van der Waals surface area contributed by atoms with Gasteiger partial charge in [-0.15, -0.1) is 0 Å². The van der Waals surface area contributed by atoms with Crippen LogP contribution in [0.25, 0.3) is 0 Å². The van der Waals surface area contributed by atoms with Crippen LogP contribution in [0, 0.1) is 17.8 Å². The summed E-state index contributed by atoms with van der Waals surface area (Å²) in [7, 11) is 0. The molecule has 4 aliphatic rings. The molecule has 0 aromatic carbocycles. The summed E-state index contributed by atoms with van der Waals surface area (Å²) >= 11 is 0. The number of hydrogen-bond acceptors (Lipinski definition) is 4. The highest BCUT2D eigenvalue weighted by Crippen LogP contribution is 2.60. The molecule has 0 spiro atoms. The van der Waals surface area contributed by atoms with Crippen molar-refractivity contribution >= 4 is 5.82 Å². The third-order valence-electron chi connectivity index (χ3n) is 5.52.